The van der Waals surface area contributed by atoms with Crippen LogP contribution in [-0.4, -0.2) is 44.4 Å². The number of carbonyl (C=O) groups is 1. The maximum absolute atomic E-state index is 12.5. The van der Waals surface area contributed by atoms with Gasteiger partial charge in [-0.05, 0) is 49.4 Å². The van der Waals surface area contributed by atoms with Gasteiger partial charge in [0.2, 0.25) is 15.9 Å². The van der Waals surface area contributed by atoms with Crippen molar-refractivity contribution in [2.24, 2.45) is 0 Å². The molecule has 9 heteroatoms. The highest BCUT2D eigenvalue weighted by Crippen LogP contribution is 2.20. The number of nitrogens with zero attached hydrogens (tertiary/aromatic N) is 1. The Labute approximate surface area is 168 Å². The fraction of sp³-hybridized carbons (Fsp3) is 0.389. The number of piperidine rings is 1. The highest BCUT2D eigenvalue weighted by atomic mass is 35.5. The Hall–Kier alpha value is -1.45. The first-order chi connectivity index (χ1) is 12.8. The highest BCUT2D eigenvalue weighted by molar-refractivity contribution is 7.91. The smallest absolute Gasteiger partial charge is 0.250 e. The Kier molecular flexibility index (Phi) is 6.54. The molecule has 3 rings (SSSR count). The SMILES string of the molecule is C[C@H](C(=O)Nc1cccc(Cl)c1)N1CCC(NS(=O)(=O)c2cccs2)CC1. The molecule has 2 N–H and O–H groups in total. The van der Waals surface area contributed by atoms with Gasteiger partial charge in [-0.25, -0.2) is 13.1 Å². The van der Waals surface area contributed by atoms with Gasteiger partial charge in [-0.3, -0.25) is 9.69 Å². The summed E-state index contributed by atoms with van der Waals surface area (Å²) in [4.78, 5) is 14.5. The molecule has 1 aliphatic heterocycles. The van der Waals surface area contributed by atoms with Crippen molar-refractivity contribution in [3.05, 3.63) is 46.8 Å². The monoisotopic (exact) mass is 427 g/mol. The Bertz CT molecular complexity index is 879. The fourth-order valence-electron chi connectivity index (χ4n) is 3.08. The minimum Gasteiger partial charge on any atom is -0.325 e. The summed E-state index contributed by atoms with van der Waals surface area (Å²) in [5.74, 6) is -0.102. The predicted octanol–water partition coefficient (Wildman–Crippen LogP) is 3.17. The average molecular weight is 428 g/mol. The van der Waals surface area contributed by atoms with Crippen LogP contribution in [0.3, 0.4) is 0 Å². The van der Waals surface area contributed by atoms with Crippen molar-refractivity contribution in [2.75, 3.05) is 18.4 Å². The second kappa shape index (κ2) is 8.70. The lowest BCUT2D eigenvalue weighted by atomic mass is 10.0. The van der Waals surface area contributed by atoms with Crippen LogP contribution < -0.4 is 10.0 Å². The number of nitrogens with one attached hydrogen (secondary N) is 2. The van der Waals surface area contributed by atoms with Gasteiger partial charge in [-0.2, -0.15) is 0 Å². The molecular formula is C18H22ClN3O3S2. The fourth-order valence-corrected chi connectivity index (χ4v) is 5.58. The van der Waals surface area contributed by atoms with Gasteiger partial charge in [0.1, 0.15) is 4.21 Å². The van der Waals surface area contributed by atoms with Crippen molar-refractivity contribution >= 4 is 44.6 Å². The predicted molar refractivity (Wildman–Crippen MR) is 109 cm³/mol. The summed E-state index contributed by atoms with van der Waals surface area (Å²) < 4.78 is 27.8. The van der Waals surface area contributed by atoms with Crippen LogP contribution in [0.4, 0.5) is 5.69 Å². The van der Waals surface area contributed by atoms with Crippen LogP contribution in [0, 0.1) is 0 Å². The third-order valence-electron chi connectivity index (χ3n) is 4.63. The second-order valence-electron chi connectivity index (χ2n) is 6.54. The Morgan fingerprint density at radius 1 is 1.26 bits per heavy atom. The molecule has 2 aromatic rings. The third kappa shape index (κ3) is 5.30. The lowest BCUT2D eigenvalue weighted by molar-refractivity contribution is -0.121. The topological polar surface area (TPSA) is 78.5 Å². The van der Waals surface area contributed by atoms with Gasteiger partial charge >= 0.3 is 0 Å². The molecule has 0 saturated carbocycles. The molecule has 1 saturated heterocycles. The molecule has 0 unspecified atom stereocenters. The summed E-state index contributed by atoms with van der Waals surface area (Å²) in [7, 11) is -3.46. The number of amides is 1. The van der Waals surface area contributed by atoms with Crippen LogP contribution in [0.15, 0.2) is 46.0 Å². The number of rotatable bonds is 6. The standard InChI is InChI=1S/C18H22ClN3O3S2/c1-13(18(23)20-16-5-2-4-14(19)12-16)22-9-7-15(8-10-22)21-27(24,25)17-6-3-11-26-17/h2-6,11-13,15,21H,7-10H2,1H3,(H,20,23)/t13-/m1/s1. The minimum atomic E-state index is -3.46. The van der Waals surface area contributed by atoms with E-state index in [9.17, 15) is 13.2 Å². The quantitative estimate of drug-likeness (QED) is 0.742. The zero-order valence-corrected chi connectivity index (χ0v) is 17.3. The van der Waals surface area contributed by atoms with Crippen molar-refractivity contribution in [1.82, 2.24) is 9.62 Å². The molecule has 1 atom stereocenters. The van der Waals surface area contributed by atoms with E-state index >= 15 is 0 Å². The van der Waals surface area contributed by atoms with Gasteiger partial charge in [0, 0.05) is 29.8 Å². The number of thiophene rings is 1. The first-order valence-electron chi connectivity index (χ1n) is 8.71. The van der Waals surface area contributed by atoms with Crippen LogP contribution in [0.2, 0.25) is 5.02 Å². The van der Waals surface area contributed by atoms with Gasteiger partial charge in [-0.1, -0.05) is 23.7 Å². The van der Waals surface area contributed by atoms with Crippen LogP contribution in [0.1, 0.15) is 19.8 Å². The number of likely N-dealkylation sites (tertiary alicyclic amines) is 1. The molecule has 6 nitrogen and oxygen atoms in total. The van der Waals surface area contributed by atoms with Crippen molar-refractivity contribution < 1.29 is 13.2 Å². The largest absolute Gasteiger partial charge is 0.325 e. The molecule has 0 spiro atoms. The summed E-state index contributed by atoms with van der Waals surface area (Å²) in [6.45, 7) is 3.17. The molecule has 1 aromatic heterocycles. The Morgan fingerprint density at radius 2 is 2.00 bits per heavy atom. The lowest BCUT2D eigenvalue weighted by Gasteiger charge is -2.35. The molecule has 27 heavy (non-hydrogen) atoms. The minimum absolute atomic E-state index is 0.102. The Balaban J connectivity index is 1.51. The van der Waals surface area contributed by atoms with E-state index in [-0.39, 0.29) is 18.0 Å². The Morgan fingerprint density at radius 3 is 2.63 bits per heavy atom. The van der Waals surface area contributed by atoms with E-state index < -0.39 is 10.0 Å². The molecule has 0 bridgehead atoms. The molecular weight excluding hydrogens is 406 g/mol. The highest BCUT2D eigenvalue weighted by Gasteiger charge is 2.29. The van der Waals surface area contributed by atoms with E-state index in [1.807, 2.05) is 6.92 Å². The number of sulfonamides is 1. The normalized spacial score (nSPS) is 17.6. The van der Waals surface area contributed by atoms with E-state index in [1.54, 1.807) is 41.8 Å². The zero-order valence-electron chi connectivity index (χ0n) is 14.9. The van der Waals surface area contributed by atoms with Crippen LogP contribution in [-0.2, 0) is 14.8 Å². The number of hydrogen-bond acceptors (Lipinski definition) is 5. The maximum Gasteiger partial charge on any atom is 0.250 e. The van der Waals surface area contributed by atoms with Crippen LogP contribution in [0.5, 0.6) is 0 Å². The second-order valence-corrected chi connectivity index (χ2v) is 9.86. The lowest BCUT2D eigenvalue weighted by Crippen LogP contribution is -2.50. The van der Waals surface area contributed by atoms with E-state index in [4.69, 9.17) is 11.6 Å². The van der Waals surface area contributed by atoms with Crippen molar-refractivity contribution in [1.29, 1.82) is 0 Å². The molecule has 1 aromatic carbocycles. The summed E-state index contributed by atoms with van der Waals surface area (Å²) in [5, 5.41) is 5.19. The van der Waals surface area contributed by atoms with Crippen LogP contribution >= 0.6 is 22.9 Å². The summed E-state index contributed by atoms with van der Waals surface area (Å²) in [5.41, 5.74) is 0.665. The zero-order chi connectivity index (χ0) is 19.4. The number of carbonyl (C=O) groups excluding carboxylic acids is 1. The molecule has 1 fully saturated rings. The van der Waals surface area contributed by atoms with Gasteiger partial charge in [0.05, 0.1) is 6.04 Å². The van der Waals surface area contributed by atoms with Gasteiger partial charge in [0.15, 0.2) is 0 Å². The first kappa shape index (κ1) is 20.3. The number of hydrogen-bond donors (Lipinski definition) is 2. The molecule has 1 amide bonds. The molecule has 146 valence electrons. The average Bonchev–Trinajstić information content (AvgIpc) is 3.17. The number of anilines is 1. The first-order valence-corrected chi connectivity index (χ1v) is 11.5. The maximum atomic E-state index is 12.5. The molecule has 2 heterocycles. The summed E-state index contributed by atoms with van der Waals surface area (Å²) >= 11 is 7.15. The number of halogens is 1. The van der Waals surface area contributed by atoms with Gasteiger partial charge in [0.25, 0.3) is 0 Å². The number of benzene rings is 1. The third-order valence-corrected chi connectivity index (χ3v) is 7.78. The molecule has 0 aliphatic carbocycles. The van der Waals surface area contributed by atoms with Crippen molar-refractivity contribution in [3.63, 3.8) is 0 Å². The van der Waals surface area contributed by atoms with E-state index in [0.717, 1.165) is 0 Å². The molecule has 0 radical (unpaired) electrons. The van der Waals surface area contributed by atoms with Gasteiger partial charge in [-0.15, -0.1) is 11.3 Å². The van der Waals surface area contributed by atoms with E-state index in [2.05, 4.69) is 14.9 Å². The van der Waals surface area contributed by atoms with E-state index in [1.165, 1.54) is 11.3 Å². The van der Waals surface area contributed by atoms with E-state index in [0.29, 0.717) is 40.9 Å². The van der Waals surface area contributed by atoms with Gasteiger partial charge < -0.3 is 5.32 Å². The molecule has 1 aliphatic rings. The summed E-state index contributed by atoms with van der Waals surface area (Å²) in [6.07, 6.45) is 1.33. The summed E-state index contributed by atoms with van der Waals surface area (Å²) in [6, 6.07) is 9.94. The van der Waals surface area contributed by atoms with Crippen molar-refractivity contribution in [3.8, 4) is 0 Å². The van der Waals surface area contributed by atoms with Crippen molar-refractivity contribution in [2.45, 2.75) is 36.1 Å². The van der Waals surface area contributed by atoms with Crippen LogP contribution in [0.25, 0.3) is 0 Å².